The molecule has 2 atom stereocenters. The Labute approximate surface area is 139 Å². The van der Waals surface area contributed by atoms with Crippen molar-refractivity contribution in [2.75, 3.05) is 11.6 Å². The number of amides is 1. The molecule has 124 valence electrons. The van der Waals surface area contributed by atoms with Crippen LogP contribution in [0.2, 0.25) is 0 Å². The third kappa shape index (κ3) is 3.69. The summed E-state index contributed by atoms with van der Waals surface area (Å²) in [6.07, 6.45) is 6.24. The van der Waals surface area contributed by atoms with Crippen molar-refractivity contribution >= 4 is 17.7 Å². The van der Waals surface area contributed by atoms with Gasteiger partial charge in [-0.1, -0.05) is 31.5 Å². The third-order valence-corrected chi connectivity index (χ3v) is 5.14. The fourth-order valence-electron chi connectivity index (χ4n) is 2.86. The smallest absolute Gasteiger partial charge is 0.230 e. The zero-order chi connectivity index (χ0) is 16.2. The lowest BCUT2D eigenvalue weighted by Gasteiger charge is -2.29. The van der Waals surface area contributed by atoms with Crippen LogP contribution in [-0.2, 0) is 4.79 Å². The molecule has 7 nitrogen and oxygen atoms in total. The first-order valence-corrected chi connectivity index (χ1v) is 8.80. The minimum absolute atomic E-state index is 0.0105. The topological polar surface area (TPSA) is 99.0 Å². The van der Waals surface area contributed by atoms with E-state index in [2.05, 4.69) is 22.4 Å². The fourth-order valence-corrected chi connectivity index (χ4v) is 3.53. The molecule has 0 aromatic carbocycles. The van der Waals surface area contributed by atoms with E-state index in [-0.39, 0.29) is 17.7 Å². The summed E-state index contributed by atoms with van der Waals surface area (Å²) in [6.45, 7) is 2.20. The van der Waals surface area contributed by atoms with Crippen LogP contribution in [0.15, 0.2) is 28.0 Å². The molecule has 0 spiro atoms. The van der Waals surface area contributed by atoms with Crippen LogP contribution in [0.3, 0.4) is 0 Å². The van der Waals surface area contributed by atoms with Crippen molar-refractivity contribution in [3.05, 3.63) is 18.4 Å². The Kier molecular flexibility index (Phi) is 4.90. The van der Waals surface area contributed by atoms with Crippen LogP contribution in [-0.4, -0.2) is 32.6 Å². The van der Waals surface area contributed by atoms with Crippen LogP contribution >= 0.6 is 11.8 Å². The van der Waals surface area contributed by atoms with Gasteiger partial charge in [-0.25, -0.2) is 4.68 Å². The Hall–Kier alpha value is -1.96. The highest BCUT2D eigenvalue weighted by atomic mass is 32.2. The number of carbonyl (C=O) groups is 1. The van der Waals surface area contributed by atoms with E-state index in [0.717, 1.165) is 6.42 Å². The maximum absolute atomic E-state index is 12.1. The van der Waals surface area contributed by atoms with E-state index in [0.29, 0.717) is 22.7 Å². The zero-order valence-electron chi connectivity index (χ0n) is 13.1. The van der Waals surface area contributed by atoms with E-state index >= 15 is 0 Å². The molecule has 1 amide bonds. The summed E-state index contributed by atoms with van der Waals surface area (Å²) in [6, 6.07) is 3.81. The molecule has 3 N–H and O–H groups in total. The summed E-state index contributed by atoms with van der Waals surface area (Å²) < 4.78 is 6.61. The summed E-state index contributed by atoms with van der Waals surface area (Å²) >= 11 is 1.27. The van der Waals surface area contributed by atoms with Gasteiger partial charge in [-0.2, -0.15) is 0 Å². The molecule has 1 aliphatic rings. The van der Waals surface area contributed by atoms with Gasteiger partial charge in [-0.05, 0) is 30.9 Å². The largest absolute Gasteiger partial charge is 0.461 e. The summed E-state index contributed by atoms with van der Waals surface area (Å²) in [7, 11) is 0. The van der Waals surface area contributed by atoms with Gasteiger partial charge in [0.25, 0.3) is 0 Å². The van der Waals surface area contributed by atoms with Crippen molar-refractivity contribution in [2.24, 2.45) is 5.92 Å². The molecule has 1 saturated carbocycles. The van der Waals surface area contributed by atoms with E-state index in [1.165, 1.54) is 35.7 Å². The number of hydrogen-bond acceptors (Lipinski definition) is 6. The number of rotatable bonds is 5. The van der Waals surface area contributed by atoms with Crippen LogP contribution in [0.1, 0.15) is 32.6 Å². The Morgan fingerprint density at radius 3 is 3.04 bits per heavy atom. The molecule has 2 heterocycles. The highest BCUT2D eigenvalue weighted by molar-refractivity contribution is 7.99. The standard InChI is InChI=1S/C15H21N5O2S/c1-10-5-2-3-6-11(10)17-13(21)9-23-15-19-18-14(20(15)16)12-7-4-8-22-12/h4,7-8,10-11H,2-3,5-6,9,16H2,1H3,(H,17,21)/t10-,11-/m1/s1. The molecule has 23 heavy (non-hydrogen) atoms. The van der Waals surface area contributed by atoms with Crippen LogP contribution in [0.5, 0.6) is 0 Å². The number of carbonyl (C=O) groups excluding carboxylic acids is 1. The fraction of sp³-hybridized carbons (Fsp3) is 0.533. The Morgan fingerprint density at radius 2 is 2.30 bits per heavy atom. The van der Waals surface area contributed by atoms with Gasteiger partial charge >= 0.3 is 0 Å². The molecule has 8 heteroatoms. The molecule has 1 fully saturated rings. The van der Waals surface area contributed by atoms with Crippen molar-refractivity contribution in [1.82, 2.24) is 20.2 Å². The molecular weight excluding hydrogens is 314 g/mol. The second-order valence-electron chi connectivity index (χ2n) is 5.88. The number of nitrogens with zero attached hydrogens (tertiary/aromatic N) is 3. The predicted molar refractivity (Wildman–Crippen MR) is 88.2 cm³/mol. The van der Waals surface area contributed by atoms with Crippen molar-refractivity contribution in [3.63, 3.8) is 0 Å². The van der Waals surface area contributed by atoms with Gasteiger partial charge in [0.15, 0.2) is 5.76 Å². The minimum Gasteiger partial charge on any atom is -0.461 e. The average Bonchev–Trinajstić information content (AvgIpc) is 3.17. The van der Waals surface area contributed by atoms with E-state index < -0.39 is 0 Å². The van der Waals surface area contributed by atoms with Gasteiger partial charge in [0.05, 0.1) is 12.0 Å². The first-order chi connectivity index (χ1) is 11.1. The Bertz CT molecular complexity index is 655. The van der Waals surface area contributed by atoms with Crippen LogP contribution < -0.4 is 11.2 Å². The molecule has 3 rings (SSSR count). The first kappa shape index (κ1) is 15.9. The molecule has 0 radical (unpaired) electrons. The SMILES string of the molecule is C[C@@H]1CCCC[C@H]1NC(=O)CSc1nnc(-c2ccco2)n1N. The third-order valence-electron chi connectivity index (χ3n) is 4.20. The van der Waals surface area contributed by atoms with Crippen molar-refractivity contribution < 1.29 is 9.21 Å². The van der Waals surface area contributed by atoms with E-state index in [4.69, 9.17) is 10.3 Å². The van der Waals surface area contributed by atoms with Crippen LogP contribution in [0.25, 0.3) is 11.6 Å². The van der Waals surface area contributed by atoms with E-state index in [9.17, 15) is 4.79 Å². The van der Waals surface area contributed by atoms with Gasteiger partial charge in [0.2, 0.25) is 16.9 Å². The summed E-state index contributed by atoms with van der Waals surface area (Å²) in [4.78, 5) is 12.1. The Morgan fingerprint density at radius 1 is 1.48 bits per heavy atom. The predicted octanol–water partition coefficient (Wildman–Crippen LogP) is 2.04. The molecular formula is C15H21N5O2S. The number of nitrogens with one attached hydrogen (secondary N) is 1. The Balaban J connectivity index is 1.55. The van der Waals surface area contributed by atoms with E-state index in [1.54, 1.807) is 18.4 Å². The molecule has 1 aliphatic carbocycles. The number of hydrogen-bond donors (Lipinski definition) is 2. The van der Waals surface area contributed by atoms with Gasteiger partial charge in [0, 0.05) is 6.04 Å². The highest BCUT2D eigenvalue weighted by Crippen LogP contribution is 2.24. The van der Waals surface area contributed by atoms with Crippen LogP contribution in [0, 0.1) is 5.92 Å². The van der Waals surface area contributed by atoms with Gasteiger partial charge in [-0.3, -0.25) is 4.79 Å². The van der Waals surface area contributed by atoms with Gasteiger partial charge < -0.3 is 15.6 Å². The summed E-state index contributed by atoms with van der Waals surface area (Å²) in [5.41, 5.74) is 0. The second kappa shape index (κ2) is 7.08. The number of aromatic nitrogens is 3. The number of nitrogens with two attached hydrogens (primary N) is 1. The molecule has 0 saturated heterocycles. The quantitative estimate of drug-likeness (QED) is 0.641. The first-order valence-electron chi connectivity index (χ1n) is 7.81. The maximum Gasteiger partial charge on any atom is 0.230 e. The van der Waals surface area contributed by atoms with Gasteiger partial charge in [0.1, 0.15) is 0 Å². The molecule has 0 bridgehead atoms. The number of thioether (sulfide) groups is 1. The summed E-state index contributed by atoms with van der Waals surface area (Å²) in [5.74, 6) is 7.79. The highest BCUT2D eigenvalue weighted by Gasteiger charge is 2.23. The lowest BCUT2D eigenvalue weighted by Crippen LogP contribution is -2.41. The molecule has 2 aromatic rings. The number of furan rings is 1. The van der Waals surface area contributed by atoms with Crippen molar-refractivity contribution in [3.8, 4) is 11.6 Å². The minimum atomic E-state index is 0.0105. The maximum atomic E-state index is 12.1. The normalized spacial score (nSPS) is 21.3. The lowest BCUT2D eigenvalue weighted by molar-refractivity contribution is -0.119. The number of nitrogen functional groups attached to an aromatic ring is 1. The van der Waals surface area contributed by atoms with Crippen molar-refractivity contribution in [1.29, 1.82) is 0 Å². The second-order valence-corrected chi connectivity index (χ2v) is 6.82. The molecule has 0 unspecified atom stereocenters. The van der Waals surface area contributed by atoms with Gasteiger partial charge in [-0.15, -0.1) is 10.2 Å². The summed E-state index contributed by atoms with van der Waals surface area (Å²) in [5, 5.41) is 11.6. The van der Waals surface area contributed by atoms with Crippen LogP contribution in [0.4, 0.5) is 0 Å². The lowest BCUT2D eigenvalue weighted by atomic mass is 9.86. The van der Waals surface area contributed by atoms with E-state index in [1.807, 2.05) is 0 Å². The average molecular weight is 335 g/mol. The molecule has 0 aliphatic heterocycles. The molecule has 2 aromatic heterocycles. The zero-order valence-corrected chi connectivity index (χ0v) is 13.9. The monoisotopic (exact) mass is 335 g/mol. The van der Waals surface area contributed by atoms with Crippen molar-refractivity contribution in [2.45, 2.75) is 43.8 Å².